The van der Waals surface area contributed by atoms with Gasteiger partial charge in [-0.05, 0) is 58.1 Å². The first-order valence-electron chi connectivity index (χ1n) is 12.1. The largest absolute Gasteiger partial charge is 0.444 e. The lowest BCUT2D eigenvalue weighted by Gasteiger charge is -2.36. The Labute approximate surface area is 204 Å². The van der Waals surface area contributed by atoms with E-state index in [1.807, 2.05) is 58.9 Å². The van der Waals surface area contributed by atoms with Gasteiger partial charge >= 0.3 is 6.09 Å². The first-order valence-corrected chi connectivity index (χ1v) is 12.1. The molecule has 0 saturated carbocycles. The Kier molecular flexibility index (Phi) is 11.5. The number of alkyl carbamates (subject to hydrolysis) is 1. The van der Waals surface area contributed by atoms with E-state index in [-0.39, 0.29) is 31.0 Å². The van der Waals surface area contributed by atoms with Gasteiger partial charge in [0.15, 0.2) is 0 Å². The second-order valence-electron chi connectivity index (χ2n) is 9.93. The van der Waals surface area contributed by atoms with E-state index in [2.05, 4.69) is 10.6 Å². The van der Waals surface area contributed by atoms with Gasteiger partial charge in [-0.3, -0.25) is 9.59 Å². The number of nitrogens with one attached hydrogen (secondary N) is 2. The smallest absolute Gasteiger partial charge is 0.408 e. The van der Waals surface area contributed by atoms with Crippen molar-refractivity contribution in [2.75, 3.05) is 13.2 Å². The molecule has 192 valence electrons. The lowest BCUT2D eigenvalue weighted by atomic mass is 9.95. The van der Waals surface area contributed by atoms with Crippen molar-refractivity contribution in [3.05, 3.63) is 35.4 Å². The number of hydrogen-bond acceptors (Lipinski definition) is 5. The molecule has 3 amide bonds. The summed E-state index contributed by atoms with van der Waals surface area (Å²) in [5.41, 5.74) is 1.02. The molecule has 0 radical (unpaired) electrons. The molecule has 0 fully saturated rings. The fourth-order valence-corrected chi connectivity index (χ4v) is 3.54. The molecule has 0 aromatic heterocycles. The molecule has 0 bridgehead atoms. The summed E-state index contributed by atoms with van der Waals surface area (Å²) in [6, 6.07) is 5.51. The Morgan fingerprint density at radius 3 is 2.06 bits per heavy atom. The second kappa shape index (κ2) is 13.3. The molecule has 1 rings (SSSR count). The molecule has 0 aliphatic rings. The maximum Gasteiger partial charge on any atom is 0.408 e. The van der Waals surface area contributed by atoms with Gasteiger partial charge in [-0.1, -0.05) is 51.5 Å². The molecule has 0 aliphatic heterocycles. The van der Waals surface area contributed by atoms with Crippen molar-refractivity contribution in [1.82, 2.24) is 15.5 Å². The maximum absolute atomic E-state index is 13.8. The van der Waals surface area contributed by atoms with Gasteiger partial charge in [0.05, 0.1) is 6.61 Å². The fourth-order valence-electron chi connectivity index (χ4n) is 3.54. The van der Waals surface area contributed by atoms with Gasteiger partial charge < -0.3 is 25.4 Å². The molecular formula is C26H43N3O5. The van der Waals surface area contributed by atoms with Crippen molar-refractivity contribution in [2.24, 2.45) is 5.92 Å². The summed E-state index contributed by atoms with van der Waals surface area (Å²) >= 11 is 0. The topological polar surface area (TPSA) is 108 Å². The summed E-state index contributed by atoms with van der Waals surface area (Å²) < 4.78 is 5.37. The third-order valence-electron chi connectivity index (χ3n) is 5.47. The van der Waals surface area contributed by atoms with Gasteiger partial charge in [-0.15, -0.1) is 0 Å². The summed E-state index contributed by atoms with van der Waals surface area (Å²) in [5.74, 6) is -1.02. The van der Waals surface area contributed by atoms with Gasteiger partial charge in [0.1, 0.15) is 17.7 Å². The number of hydrogen-bond donors (Lipinski definition) is 3. The molecule has 8 nitrogen and oxygen atoms in total. The number of carbonyl (C=O) groups excluding carboxylic acids is 3. The molecule has 3 unspecified atom stereocenters. The third kappa shape index (κ3) is 8.97. The minimum absolute atomic E-state index is 0.0620. The molecule has 0 aliphatic carbocycles. The van der Waals surface area contributed by atoms with Crippen molar-refractivity contribution in [3.8, 4) is 0 Å². The quantitative estimate of drug-likeness (QED) is 0.452. The summed E-state index contributed by atoms with van der Waals surface area (Å²) in [6.45, 7) is 14.4. The lowest BCUT2D eigenvalue weighted by molar-refractivity contribution is -0.144. The Bertz CT molecular complexity index is 802. The van der Waals surface area contributed by atoms with E-state index in [0.29, 0.717) is 12.0 Å². The van der Waals surface area contributed by atoms with Crippen LogP contribution >= 0.6 is 0 Å². The van der Waals surface area contributed by atoms with Crippen LogP contribution in [0.3, 0.4) is 0 Å². The van der Waals surface area contributed by atoms with E-state index in [4.69, 9.17) is 4.74 Å². The summed E-state index contributed by atoms with van der Waals surface area (Å²) in [5, 5.41) is 15.4. The zero-order valence-corrected chi connectivity index (χ0v) is 22.0. The zero-order valence-electron chi connectivity index (χ0n) is 22.0. The SMILES string of the molecule is CCc1ccc(C(C(=O)NC(C)C)N(CCO)C(=O)C(NC(=O)OC(C)(C)C)C(C)CC)cc1. The van der Waals surface area contributed by atoms with Gasteiger partial charge in [0.2, 0.25) is 11.8 Å². The number of ether oxygens (including phenoxy) is 1. The van der Waals surface area contributed by atoms with Crippen LogP contribution in [-0.2, 0) is 20.7 Å². The van der Waals surface area contributed by atoms with Crippen LogP contribution in [0.25, 0.3) is 0 Å². The minimum Gasteiger partial charge on any atom is -0.444 e. The predicted octanol–water partition coefficient (Wildman–Crippen LogP) is 3.58. The number of aryl methyl sites for hydroxylation is 1. The number of aliphatic hydroxyl groups excluding tert-OH is 1. The highest BCUT2D eigenvalue weighted by Crippen LogP contribution is 2.25. The summed E-state index contributed by atoms with van der Waals surface area (Å²) in [4.78, 5) is 41.0. The van der Waals surface area contributed by atoms with Gasteiger partial charge in [0, 0.05) is 12.6 Å². The highest BCUT2D eigenvalue weighted by molar-refractivity contribution is 5.92. The fraction of sp³-hybridized carbons (Fsp3) is 0.654. The summed E-state index contributed by atoms with van der Waals surface area (Å²) in [6.07, 6.45) is 0.761. The molecule has 3 atom stereocenters. The molecule has 8 heteroatoms. The molecule has 0 spiro atoms. The van der Waals surface area contributed by atoms with E-state index < -0.39 is 29.7 Å². The van der Waals surface area contributed by atoms with Gasteiger partial charge in [-0.2, -0.15) is 0 Å². The van der Waals surface area contributed by atoms with E-state index in [0.717, 1.165) is 12.0 Å². The van der Waals surface area contributed by atoms with Crippen LogP contribution in [0.2, 0.25) is 0 Å². The van der Waals surface area contributed by atoms with Crippen molar-refractivity contribution in [1.29, 1.82) is 0 Å². The second-order valence-corrected chi connectivity index (χ2v) is 9.93. The standard InChI is InChI=1S/C26H43N3O5/c1-9-18(5)21(28-25(33)34-26(6,7)8)24(32)29(15-16-30)22(23(31)27-17(3)4)20-13-11-19(10-2)12-14-20/h11-14,17-18,21-22,30H,9-10,15-16H2,1-8H3,(H,27,31)(H,28,33). The van der Waals surface area contributed by atoms with Crippen LogP contribution in [0.5, 0.6) is 0 Å². The maximum atomic E-state index is 13.8. The average Bonchev–Trinajstić information content (AvgIpc) is 2.74. The first-order chi connectivity index (χ1) is 15.8. The number of rotatable bonds is 11. The Morgan fingerprint density at radius 1 is 1.03 bits per heavy atom. The predicted molar refractivity (Wildman–Crippen MR) is 133 cm³/mol. The highest BCUT2D eigenvalue weighted by Gasteiger charge is 2.38. The van der Waals surface area contributed by atoms with Crippen LogP contribution < -0.4 is 10.6 Å². The number of benzene rings is 1. The van der Waals surface area contributed by atoms with Crippen LogP contribution in [0.15, 0.2) is 24.3 Å². The van der Waals surface area contributed by atoms with Crippen LogP contribution in [0.4, 0.5) is 4.79 Å². The Balaban J connectivity index is 3.44. The Hall–Kier alpha value is -2.61. The molecule has 1 aromatic rings. The van der Waals surface area contributed by atoms with Crippen LogP contribution in [-0.4, -0.2) is 58.8 Å². The number of aliphatic hydroxyl groups is 1. The van der Waals surface area contributed by atoms with Crippen molar-refractivity contribution in [2.45, 2.75) is 92.0 Å². The molecule has 34 heavy (non-hydrogen) atoms. The molecule has 0 saturated heterocycles. The van der Waals surface area contributed by atoms with Gasteiger partial charge in [-0.25, -0.2) is 4.79 Å². The number of amides is 3. The number of carbonyl (C=O) groups is 3. The normalized spacial score (nSPS) is 14.2. The van der Waals surface area contributed by atoms with Crippen molar-refractivity contribution >= 4 is 17.9 Å². The molecule has 3 N–H and O–H groups in total. The summed E-state index contributed by atoms with van der Waals surface area (Å²) in [7, 11) is 0. The van der Waals surface area contributed by atoms with Gasteiger partial charge in [0.25, 0.3) is 0 Å². The Morgan fingerprint density at radius 2 is 1.62 bits per heavy atom. The zero-order chi connectivity index (χ0) is 26.1. The van der Waals surface area contributed by atoms with E-state index in [9.17, 15) is 19.5 Å². The van der Waals surface area contributed by atoms with Crippen LogP contribution in [0, 0.1) is 5.92 Å². The minimum atomic E-state index is -0.958. The monoisotopic (exact) mass is 477 g/mol. The molecule has 0 heterocycles. The average molecular weight is 478 g/mol. The lowest BCUT2D eigenvalue weighted by Crippen LogP contribution is -2.56. The first kappa shape index (κ1) is 29.4. The van der Waals surface area contributed by atoms with E-state index in [1.165, 1.54) is 4.90 Å². The molecule has 1 aromatic carbocycles. The van der Waals surface area contributed by atoms with Crippen LogP contribution in [0.1, 0.15) is 79.0 Å². The highest BCUT2D eigenvalue weighted by atomic mass is 16.6. The third-order valence-corrected chi connectivity index (χ3v) is 5.47. The van der Waals surface area contributed by atoms with Crippen molar-refractivity contribution < 1.29 is 24.2 Å². The van der Waals surface area contributed by atoms with E-state index in [1.54, 1.807) is 20.8 Å². The van der Waals surface area contributed by atoms with E-state index >= 15 is 0 Å². The number of nitrogens with zero attached hydrogens (tertiary/aromatic N) is 1. The van der Waals surface area contributed by atoms with Crippen molar-refractivity contribution in [3.63, 3.8) is 0 Å². The molecular weight excluding hydrogens is 434 g/mol.